The van der Waals surface area contributed by atoms with E-state index in [-0.39, 0.29) is 5.91 Å². The van der Waals surface area contributed by atoms with E-state index in [1.165, 1.54) is 16.7 Å². The molecule has 1 amide bonds. The zero-order chi connectivity index (χ0) is 21.8. The summed E-state index contributed by atoms with van der Waals surface area (Å²) in [6, 6.07) is 12.5. The summed E-state index contributed by atoms with van der Waals surface area (Å²) in [6.45, 7) is 11.5. The number of ether oxygens (including phenoxy) is 1. The molecule has 1 saturated heterocycles. The van der Waals surface area contributed by atoms with Gasteiger partial charge in [-0.3, -0.25) is 14.6 Å². The van der Waals surface area contributed by atoms with Crippen molar-refractivity contribution in [2.24, 2.45) is 0 Å². The van der Waals surface area contributed by atoms with Gasteiger partial charge in [-0.1, -0.05) is 41.2 Å². The summed E-state index contributed by atoms with van der Waals surface area (Å²) in [5, 5.41) is 0.805. The minimum atomic E-state index is 0.111. The molecule has 0 unspecified atom stereocenters. The van der Waals surface area contributed by atoms with E-state index in [1.807, 2.05) is 17.0 Å². The number of nitrogens with zero attached hydrogens (tertiary/aromatic N) is 3. The van der Waals surface area contributed by atoms with Crippen molar-refractivity contribution >= 4 is 32.6 Å². The van der Waals surface area contributed by atoms with Crippen molar-refractivity contribution < 1.29 is 9.53 Å². The zero-order valence-corrected chi connectivity index (χ0v) is 19.5. The highest BCUT2D eigenvalue weighted by atomic mass is 32.1. The van der Waals surface area contributed by atoms with Gasteiger partial charge in [0, 0.05) is 26.2 Å². The number of morpholine rings is 1. The quantitative estimate of drug-likeness (QED) is 0.545. The monoisotopic (exact) mass is 437 g/mol. The Morgan fingerprint density at radius 2 is 1.90 bits per heavy atom. The molecule has 0 atom stereocenters. The van der Waals surface area contributed by atoms with Gasteiger partial charge in [-0.2, -0.15) is 0 Å². The molecule has 3 aromatic rings. The topological polar surface area (TPSA) is 45.7 Å². The first-order valence-electron chi connectivity index (χ1n) is 11.0. The Morgan fingerprint density at radius 1 is 1.13 bits per heavy atom. The molecular weight excluding hydrogens is 406 g/mol. The summed E-state index contributed by atoms with van der Waals surface area (Å²) in [5.74, 6) is 0.111. The average molecular weight is 438 g/mol. The molecule has 2 heterocycles. The number of amides is 1. The molecule has 0 N–H and O–H groups in total. The summed E-state index contributed by atoms with van der Waals surface area (Å²) in [5.41, 5.74) is 5.69. The molecule has 1 aliphatic heterocycles. The summed E-state index contributed by atoms with van der Waals surface area (Å²) >= 11 is 1.62. The van der Waals surface area contributed by atoms with Crippen molar-refractivity contribution in [2.75, 3.05) is 44.3 Å². The van der Waals surface area contributed by atoms with Gasteiger partial charge in [0.15, 0.2) is 5.13 Å². The molecule has 6 heteroatoms. The fraction of sp³-hybridized carbons (Fsp3) is 0.440. The fourth-order valence-electron chi connectivity index (χ4n) is 3.98. The van der Waals surface area contributed by atoms with E-state index in [1.54, 1.807) is 11.3 Å². The second-order valence-corrected chi connectivity index (χ2v) is 9.43. The van der Waals surface area contributed by atoms with Crippen molar-refractivity contribution in [3.05, 3.63) is 58.7 Å². The minimum Gasteiger partial charge on any atom is -0.379 e. The maximum absolute atomic E-state index is 13.4. The molecule has 0 radical (unpaired) electrons. The Bertz CT molecular complexity index is 1020. The van der Waals surface area contributed by atoms with Crippen LogP contribution in [-0.4, -0.2) is 55.2 Å². The van der Waals surface area contributed by atoms with E-state index in [2.05, 4.69) is 49.9 Å². The van der Waals surface area contributed by atoms with Crippen LogP contribution in [0, 0.1) is 20.8 Å². The number of carbonyl (C=O) groups excluding carboxylic acids is 1. The van der Waals surface area contributed by atoms with Crippen LogP contribution >= 0.6 is 11.3 Å². The standard InChI is InChI=1S/C25H31N3O2S/c1-18-6-4-7-21(14-18)17-24(29)28(9-5-8-27-10-12-30-13-11-27)25-26-22-15-19(2)20(3)16-23(22)31-25/h4,6-7,14-16H,5,8-13,17H2,1-3H3. The van der Waals surface area contributed by atoms with E-state index in [9.17, 15) is 4.79 Å². The average Bonchev–Trinajstić information content (AvgIpc) is 3.14. The van der Waals surface area contributed by atoms with Crippen LogP contribution in [0.15, 0.2) is 36.4 Å². The first-order valence-corrected chi connectivity index (χ1v) is 11.8. The number of aryl methyl sites for hydroxylation is 3. The van der Waals surface area contributed by atoms with Crippen molar-refractivity contribution in [3.63, 3.8) is 0 Å². The molecule has 0 spiro atoms. The number of hydrogen-bond acceptors (Lipinski definition) is 5. The number of carbonyl (C=O) groups is 1. The predicted octanol–water partition coefficient (Wildman–Crippen LogP) is 4.52. The molecule has 5 nitrogen and oxygen atoms in total. The van der Waals surface area contributed by atoms with E-state index < -0.39 is 0 Å². The Balaban J connectivity index is 1.54. The predicted molar refractivity (Wildman–Crippen MR) is 128 cm³/mol. The molecule has 31 heavy (non-hydrogen) atoms. The second kappa shape index (κ2) is 9.90. The lowest BCUT2D eigenvalue weighted by Gasteiger charge is -2.27. The first kappa shape index (κ1) is 21.9. The highest BCUT2D eigenvalue weighted by Crippen LogP contribution is 2.31. The van der Waals surface area contributed by atoms with Gasteiger partial charge in [0.25, 0.3) is 0 Å². The molecule has 2 aromatic carbocycles. The lowest BCUT2D eigenvalue weighted by atomic mass is 10.1. The summed E-state index contributed by atoms with van der Waals surface area (Å²) in [6.07, 6.45) is 1.32. The summed E-state index contributed by atoms with van der Waals surface area (Å²) < 4.78 is 6.59. The molecule has 4 rings (SSSR count). The number of thiazole rings is 1. The lowest BCUT2D eigenvalue weighted by molar-refractivity contribution is -0.118. The summed E-state index contributed by atoms with van der Waals surface area (Å²) in [7, 11) is 0. The van der Waals surface area contributed by atoms with Gasteiger partial charge in [0.05, 0.1) is 29.9 Å². The van der Waals surface area contributed by atoms with Gasteiger partial charge >= 0.3 is 0 Å². The van der Waals surface area contributed by atoms with Gasteiger partial charge in [-0.25, -0.2) is 4.98 Å². The van der Waals surface area contributed by atoms with Crippen LogP contribution in [0.1, 0.15) is 28.7 Å². The molecular formula is C25H31N3O2S. The molecule has 0 bridgehead atoms. The minimum absolute atomic E-state index is 0.111. The lowest BCUT2D eigenvalue weighted by Crippen LogP contribution is -2.39. The van der Waals surface area contributed by atoms with E-state index in [0.717, 1.165) is 60.2 Å². The van der Waals surface area contributed by atoms with Crippen LogP contribution in [0.3, 0.4) is 0 Å². The number of rotatable bonds is 7. The van der Waals surface area contributed by atoms with Crippen molar-refractivity contribution in [2.45, 2.75) is 33.6 Å². The normalized spacial score (nSPS) is 14.8. The van der Waals surface area contributed by atoms with Crippen LogP contribution in [0.25, 0.3) is 10.2 Å². The zero-order valence-electron chi connectivity index (χ0n) is 18.7. The highest BCUT2D eigenvalue weighted by molar-refractivity contribution is 7.22. The number of aromatic nitrogens is 1. The van der Waals surface area contributed by atoms with Crippen molar-refractivity contribution in [3.8, 4) is 0 Å². The van der Waals surface area contributed by atoms with Gasteiger partial charge in [-0.15, -0.1) is 0 Å². The van der Waals surface area contributed by atoms with Gasteiger partial charge in [0.1, 0.15) is 0 Å². The van der Waals surface area contributed by atoms with Gasteiger partial charge in [0.2, 0.25) is 5.91 Å². The van der Waals surface area contributed by atoms with Gasteiger partial charge in [-0.05, 0) is 56.0 Å². The van der Waals surface area contributed by atoms with Crippen LogP contribution in [-0.2, 0) is 16.0 Å². The van der Waals surface area contributed by atoms with Crippen LogP contribution in [0.4, 0.5) is 5.13 Å². The first-order chi connectivity index (χ1) is 15.0. The number of anilines is 1. The highest BCUT2D eigenvalue weighted by Gasteiger charge is 2.21. The number of benzene rings is 2. The third kappa shape index (κ3) is 5.50. The van der Waals surface area contributed by atoms with Crippen molar-refractivity contribution in [1.29, 1.82) is 0 Å². The molecule has 1 aromatic heterocycles. The van der Waals surface area contributed by atoms with Crippen LogP contribution in [0.5, 0.6) is 0 Å². The largest absolute Gasteiger partial charge is 0.379 e. The molecule has 1 fully saturated rings. The Hall–Kier alpha value is -2.28. The number of fused-ring (bicyclic) bond motifs is 1. The Kier molecular flexibility index (Phi) is 7.00. The van der Waals surface area contributed by atoms with E-state index in [4.69, 9.17) is 9.72 Å². The third-order valence-electron chi connectivity index (χ3n) is 5.92. The van der Waals surface area contributed by atoms with Crippen LogP contribution < -0.4 is 4.90 Å². The molecule has 0 saturated carbocycles. The fourth-order valence-corrected chi connectivity index (χ4v) is 5.07. The van der Waals surface area contributed by atoms with E-state index >= 15 is 0 Å². The third-order valence-corrected chi connectivity index (χ3v) is 6.96. The Morgan fingerprint density at radius 3 is 2.68 bits per heavy atom. The maximum atomic E-state index is 13.4. The maximum Gasteiger partial charge on any atom is 0.233 e. The smallest absolute Gasteiger partial charge is 0.233 e. The second-order valence-electron chi connectivity index (χ2n) is 8.42. The van der Waals surface area contributed by atoms with E-state index in [0.29, 0.717) is 13.0 Å². The molecule has 0 aliphatic carbocycles. The SMILES string of the molecule is Cc1cccc(CC(=O)N(CCCN2CCOCC2)c2nc3cc(C)c(C)cc3s2)c1. The van der Waals surface area contributed by atoms with Crippen LogP contribution in [0.2, 0.25) is 0 Å². The molecule has 1 aliphatic rings. The summed E-state index contributed by atoms with van der Waals surface area (Å²) in [4.78, 5) is 22.5. The van der Waals surface area contributed by atoms with Gasteiger partial charge < -0.3 is 4.74 Å². The van der Waals surface area contributed by atoms with Crippen molar-refractivity contribution in [1.82, 2.24) is 9.88 Å². The Labute approximate surface area is 188 Å². The molecule has 164 valence electrons. The number of hydrogen-bond donors (Lipinski definition) is 0.